The lowest BCUT2D eigenvalue weighted by molar-refractivity contribution is 0.417. The summed E-state index contributed by atoms with van der Waals surface area (Å²) in [7, 11) is 1.91. The molecule has 2 heterocycles. The summed E-state index contributed by atoms with van der Waals surface area (Å²) in [6.07, 6.45) is 0.714. The molecule has 7 heteroatoms. The van der Waals surface area contributed by atoms with Crippen molar-refractivity contribution in [3.05, 3.63) is 40.5 Å². The third-order valence-corrected chi connectivity index (χ3v) is 4.37. The fraction of sp³-hybridized carbons (Fsp3) is 0.267. The third kappa shape index (κ3) is 3.35. The molecule has 1 aromatic carbocycles. The van der Waals surface area contributed by atoms with E-state index in [1.807, 2.05) is 36.7 Å². The van der Waals surface area contributed by atoms with Crippen molar-refractivity contribution in [3.63, 3.8) is 0 Å². The second kappa shape index (κ2) is 6.56. The largest absolute Gasteiger partial charge is 0.332 e. The molecule has 0 aliphatic heterocycles. The van der Waals surface area contributed by atoms with Gasteiger partial charge in [-0.3, -0.25) is 0 Å². The predicted molar refractivity (Wildman–Crippen MR) is 88.1 cm³/mol. The van der Waals surface area contributed by atoms with Crippen LogP contribution >= 0.6 is 22.9 Å². The predicted octanol–water partition coefficient (Wildman–Crippen LogP) is 3.66. The van der Waals surface area contributed by atoms with E-state index in [2.05, 4.69) is 27.4 Å². The van der Waals surface area contributed by atoms with Crippen LogP contribution in [-0.4, -0.2) is 28.2 Å². The second-order valence-electron chi connectivity index (χ2n) is 4.96. The number of thiazole rings is 1. The van der Waals surface area contributed by atoms with E-state index in [1.54, 1.807) is 0 Å². The smallest absolute Gasteiger partial charge is 0.277 e. The highest BCUT2D eigenvalue weighted by Crippen LogP contribution is 2.29. The van der Waals surface area contributed by atoms with Gasteiger partial charge in [-0.1, -0.05) is 28.9 Å². The molecule has 0 saturated heterocycles. The van der Waals surface area contributed by atoms with Crippen molar-refractivity contribution >= 4 is 22.9 Å². The van der Waals surface area contributed by atoms with Crippen molar-refractivity contribution < 1.29 is 4.52 Å². The van der Waals surface area contributed by atoms with E-state index in [-0.39, 0.29) is 0 Å². The van der Waals surface area contributed by atoms with Crippen molar-refractivity contribution in [1.82, 2.24) is 20.4 Å². The minimum atomic E-state index is 0.294. The summed E-state index contributed by atoms with van der Waals surface area (Å²) in [6, 6.07) is 7.90. The van der Waals surface area contributed by atoms with Crippen molar-refractivity contribution in [2.24, 2.45) is 0 Å². The van der Waals surface area contributed by atoms with Crippen molar-refractivity contribution in [1.29, 1.82) is 0 Å². The van der Waals surface area contributed by atoms with Crippen LogP contribution in [0.25, 0.3) is 22.2 Å². The van der Waals surface area contributed by atoms with Gasteiger partial charge in [0.15, 0.2) is 5.82 Å². The molecule has 0 aliphatic carbocycles. The van der Waals surface area contributed by atoms with Crippen molar-refractivity contribution in [2.75, 3.05) is 7.05 Å². The highest BCUT2D eigenvalue weighted by atomic mass is 35.5. The molecule has 3 rings (SSSR count). The minimum Gasteiger partial charge on any atom is -0.332 e. The van der Waals surface area contributed by atoms with Crippen LogP contribution in [0.15, 0.2) is 34.2 Å². The second-order valence-corrected chi connectivity index (χ2v) is 6.25. The molecular formula is C15H15ClN4OS. The molecule has 0 amide bonds. The number of rotatable bonds is 5. The number of nitrogens with one attached hydrogen (secondary N) is 1. The van der Waals surface area contributed by atoms with Crippen LogP contribution in [-0.2, 0) is 6.42 Å². The lowest BCUT2D eigenvalue weighted by Gasteiger charge is -2.04. The van der Waals surface area contributed by atoms with E-state index < -0.39 is 0 Å². The van der Waals surface area contributed by atoms with Crippen LogP contribution in [0, 0.1) is 0 Å². The Morgan fingerprint density at radius 3 is 3.00 bits per heavy atom. The summed E-state index contributed by atoms with van der Waals surface area (Å²) in [6.45, 7) is 2.07. The highest BCUT2D eigenvalue weighted by Gasteiger charge is 2.14. The first kappa shape index (κ1) is 15.1. The Hall–Kier alpha value is -1.76. The Morgan fingerprint density at radius 2 is 2.23 bits per heavy atom. The summed E-state index contributed by atoms with van der Waals surface area (Å²) in [4.78, 5) is 8.95. The Balaban J connectivity index is 1.82. The number of benzene rings is 1. The molecule has 0 radical (unpaired) electrons. The van der Waals surface area contributed by atoms with Crippen LogP contribution in [0.5, 0.6) is 0 Å². The van der Waals surface area contributed by atoms with Gasteiger partial charge < -0.3 is 9.84 Å². The van der Waals surface area contributed by atoms with Crippen LogP contribution < -0.4 is 5.32 Å². The van der Waals surface area contributed by atoms with E-state index in [9.17, 15) is 0 Å². The maximum Gasteiger partial charge on any atom is 0.277 e. The Kier molecular flexibility index (Phi) is 4.52. The summed E-state index contributed by atoms with van der Waals surface area (Å²) in [5.74, 6) is 1.12. The van der Waals surface area contributed by atoms with Gasteiger partial charge in [0.05, 0.1) is 0 Å². The van der Waals surface area contributed by atoms with Crippen molar-refractivity contribution in [3.8, 4) is 22.2 Å². The Morgan fingerprint density at radius 1 is 1.36 bits per heavy atom. The number of halogens is 1. The number of hydrogen-bond donors (Lipinski definition) is 1. The van der Waals surface area contributed by atoms with E-state index in [0.717, 1.165) is 10.6 Å². The molecule has 0 aliphatic rings. The molecule has 114 valence electrons. The molecule has 22 heavy (non-hydrogen) atoms. The molecule has 0 bridgehead atoms. The fourth-order valence-corrected chi connectivity index (χ4v) is 2.92. The number of hydrogen-bond acceptors (Lipinski definition) is 6. The van der Waals surface area contributed by atoms with Gasteiger partial charge in [0, 0.05) is 28.4 Å². The first-order valence-corrected chi connectivity index (χ1v) is 8.13. The zero-order valence-corrected chi connectivity index (χ0v) is 13.8. The normalized spacial score (nSPS) is 12.5. The quantitative estimate of drug-likeness (QED) is 0.771. The maximum atomic E-state index is 6.01. The third-order valence-electron chi connectivity index (χ3n) is 3.24. The van der Waals surface area contributed by atoms with E-state index >= 15 is 0 Å². The van der Waals surface area contributed by atoms with Gasteiger partial charge >= 0.3 is 0 Å². The van der Waals surface area contributed by atoms with Gasteiger partial charge in [0.1, 0.15) is 10.7 Å². The SMILES string of the molecule is CNC(C)Cc1noc(-c2csc(-c3cccc(Cl)c3)n2)n1. The summed E-state index contributed by atoms with van der Waals surface area (Å²) < 4.78 is 5.30. The average molecular weight is 335 g/mol. The van der Waals surface area contributed by atoms with Gasteiger partial charge in [-0.05, 0) is 26.1 Å². The minimum absolute atomic E-state index is 0.294. The zero-order chi connectivity index (χ0) is 15.5. The van der Waals surface area contributed by atoms with Gasteiger partial charge in [-0.2, -0.15) is 4.98 Å². The monoisotopic (exact) mass is 334 g/mol. The average Bonchev–Trinajstić information content (AvgIpc) is 3.15. The van der Waals surface area contributed by atoms with Crippen LogP contribution in [0.3, 0.4) is 0 Å². The molecule has 2 aromatic heterocycles. The van der Waals surface area contributed by atoms with Gasteiger partial charge in [0.2, 0.25) is 0 Å². The lowest BCUT2D eigenvalue weighted by Crippen LogP contribution is -2.24. The Labute approximate surface area is 137 Å². The summed E-state index contributed by atoms with van der Waals surface area (Å²) in [5.41, 5.74) is 1.67. The standard InChI is InChI=1S/C15H15ClN4OS/c1-9(17-2)6-13-19-14(21-20-13)12-8-22-15(18-12)10-4-3-5-11(16)7-10/h3-5,7-9,17H,6H2,1-2H3. The van der Waals surface area contributed by atoms with E-state index in [0.29, 0.717) is 34.9 Å². The zero-order valence-electron chi connectivity index (χ0n) is 12.2. The number of aromatic nitrogens is 3. The number of nitrogens with zero attached hydrogens (tertiary/aromatic N) is 3. The molecular weight excluding hydrogens is 320 g/mol. The first-order valence-electron chi connectivity index (χ1n) is 6.87. The molecule has 3 aromatic rings. The highest BCUT2D eigenvalue weighted by molar-refractivity contribution is 7.13. The maximum absolute atomic E-state index is 6.01. The van der Waals surface area contributed by atoms with Crippen LogP contribution in [0.4, 0.5) is 0 Å². The molecule has 1 unspecified atom stereocenters. The van der Waals surface area contributed by atoms with Crippen LogP contribution in [0.1, 0.15) is 12.7 Å². The van der Waals surface area contributed by atoms with Gasteiger partial charge in [-0.15, -0.1) is 11.3 Å². The van der Waals surface area contributed by atoms with Crippen molar-refractivity contribution in [2.45, 2.75) is 19.4 Å². The van der Waals surface area contributed by atoms with Gasteiger partial charge in [0.25, 0.3) is 5.89 Å². The molecule has 0 spiro atoms. The topological polar surface area (TPSA) is 63.8 Å². The molecule has 0 fully saturated rings. The first-order chi connectivity index (χ1) is 10.7. The summed E-state index contributed by atoms with van der Waals surface area (Å²) >= 11 is 7.54. The van der Waals surface area contributed by atoms with E-state index in [4.69, 9.17) is 16.1 Å². The molecule has 1 N–H and O–H groups in total. The number of likely N-dealkylation sites (N-methyl/N-ethyl adjacent to an activating group) is 1. The lowest BCUT2D eigenvalue weighted by atomic mass is 10.2. The van der Waals surface area contributed by atoms with Gasteiger partial charge in [-0.25, -0.2) is 4.98 Å². The fourth-order valence-electron chi connectivity index (χ4n) is 1.94. The Bertz CT molecular complexity index is 770. The van der Waals surface area contributed by atoms with Crippen LogP contribution in [0.2, 0.25) is 5.02 Å². The molecule has 5 nitrogen and oxygen atoms in total. The molecule has 1 atom stereocenters. The van der Waals surface area contributed by atoms with E-state index in [1.165, 1.54) is 11.3 Å². The molecule has 0 saturated carbocycles. The summed E-state index contributed by atoms with van der Waals surface area (Å²) in [5, 5.41) is 10.6.